The highest BCUT2D eigenvalue weighted by Crippen LogP contribution is 2.10. The molecule has 0 aliphatic heterocycles. The quantitative estimate of drug-likeness (QED) is 0.752. The summed E-state index contributed by atoms with van der Waals surface area (Å²) in [4.78, 5) is 19.2. The average molecular weight is 209 g/mol. The Morgan fingerprint density at radius 2 is 2.27 bits per heavy atom. The van der Waals surface area contributed by atoms with Crippen LogP contribution in [0.25, 0.3) is 0 Å². The first-order chi connectivity index (χ1) is 7.15. The smallest absolute Gasteiger partial charge is 0.328 e. The topological polar surface area (TPSA) is 64.1 Å². The third-order valence-corrected chi connectivity index (χ3v) is 2.01. The van der Waals surface area contributed by atoms with Crippen LogP contribution in [-0.4, -0.2) is 29.1 Å². The molecule has 0 aliphatic rings. The molecule has 5 heteroatoms. The number of ether oxygens (including phenoxy) is 1. The molecule has 1 unspecified atom stereocenters. The number of carbonyl (C=O) groups is 1. The second-order valence-electron chi connectivity index (χ2n) is 3.48. The van der Waals surface area contributed by atoms with Crippen LogP contribution < -0.4 is 5.32 Å². The molecule has 0 aromatic carbocycles. The minimum atomic E-state index is -0.384. The molecule has 0 aliphatic carbocycles. The van der Waals surface area contributed by atoms with Gasteiger partial charge >= 0.3 is 5.97 Å². The zero-order valence-corrected chi connectivity index (χ0v) is 9.10. The van der Waals surface area contributed by atoms with Gasteiger partial charge in [0.15, 0.2) is 0 Å². The summed E-state index contributed by atoms with van der Waals surface area (Å²) < 4.78 is 4.70. The van der Waals surface area contributed by atoms with Crippen molar-refractivity contribution >= 4 is 11.8 Å². The van der Waals surface area contributed by atoms with E-state index in [0.29, 0.717) is 5.82 Å². The number of rotatable bonds is 4. The van der Waals surface area contributed by atoms with E-state index in [1.54, 1.807) is 12.3 Å². The van der Waals surface area contributed by atoms with Crippen molar-refractivity contribution in [2.75, 3.05) is 12.4 Å². The van der Waals surface area contributed by atoms with E-state index in [9.17, 15) is 4.79 Å². The Labute approximate surface area is 88.9 Å². The van der Waals surface area contributed by atoms with Gasteiger partial charge in [0.05, 0.1) is 7.11 Å². The summed E-state index contributed by atoms with van der Waals surface area (Å²) in [6.45, 7) is 3.88. The van der Waals surface area contributed by atoms with Gasteiger partial charge in [-0.05, 0) is 12.0 Å². The average Bonchev–Trinajstić information content (AvgIpc) is 2.26. The lowest BCUT2D eigenvalue weighted by molar-refractivity contribution is -0.142. The fraction of sp³-hybridized carbons (Fsp3) is 0.500. The van der Waals surface area contributed by atoms with E-state index in [4.69, 9.17) is 4.74 Å². The number of esters is 1. The number of hydrogen-bond acceptors (Lipinski definition) is 5. The van der Waals surface area contributed by atoms with E-state index in [2.05, 4.69) is 15.3 Å². The number of nitrogens with zero attached hydrogens (tertiary/aromatic N) is 2. The second-order valence-corrected chi connectivity index (χ2v) is 3.48. The fourth-order valence-electron chi connectivity index (χ4n) is 1.16. The molecule has 0 bridgehead atoms. The van der Waals surface area contributed by atoms with Crippen LogP contribution in [0.2, 0.25) is 0 Å². The summed E-state index contributed by atoms with van der Waals surface area (Å²) in [5, 5.41) is 3.00. The maximum absolute atomic E-state index is 11.4. The van der Waals surface area contributed by atoms with Gasteiger partial charge in [0.25, 0.3) is 0 Å². The molecule has 1 aromatic rings. The molecule has 0 radical (unpaired) electrons. The van der Waals surface area contributed by atoms with Crippen LogP contribution >= 0.6 is 0 Å². The van der Waals surface area contributed by atoms with Gasteiger partial charge in [-0.15, -0.1) is 0 Å². The second kappa shape index (κ2) is 5.29. The SMILES string of the molecule is COC(=O)C(Nc1ccncn1)C(C)C. The number of anilines is 1. The fourth-order valence-corrected chi connectivity index (χ4v) is 1.16. The van der Waals surface area contributed by atoms with Gasteiger partial charge in [-0.3, -0.25) is 0 Å². The van der Waals surface area contributed by atoms with Crippen LogP contribution in [0.5, 0.6) is 0 Å². The van der Waals surface area contributed by atoms with Crippen molar-refractivity contribution in [3.05, 3.63) is 18.6 Å². The number of nitrogens with one attached hydrogen (secondary N) is 1. The molecule has 1 rings (SSSR count). The van der Waals surface area contributed by atoms with Gasteiger partial charge in [0.1, 0.15) is 18.2 Å². The zero-order valence-electron chi connectivity index (χ0n) is 9.10. The number of aromatic nitrogens is 2. The Balaban J connectivity index is 2.72. The summed E-state index contributed by atoms with van der Waals surface area (Å²) in [6, 6.07) is 1.32. The molecule has 0 saturated carbocycles. The van der Waals surface area contributed by atoms with Gasteiger partial charge < -0.3 is 10.1 Å². The van der Waals surface area contributed by atoms with E-state index in [1.165, 1.54) is 13.4 Å². The van der Waals surface area contributed by atoms with Crippen molar-refractivity contribution in [2.24, 2.45) is 5.92 Å². The molecular formula is C10H15N3O2. The Hall–Kier alpha value is -1.65. The molecule has 0 amide bonds. The van der Waals surface area contributed by atoms with E-state index < -0.39 is 0 Å². The van der Waals surface area contributed by atoms with Crippen LogP contribution in [0, 0.1) is 5.92 Å². The first-order valence-electron chi connectivity index (χ1n) is 4.75. The predicted molar refractivity (Wildman–Crippen MR) is 56.3 cm³/mol. The van der Waals surface area contributed by atoms with Crippen LogP contribution in [0.3, 0.4) is 0 Å². The molecular weight excluding hydrogens is 194 g/mol. The largest absolute Gasteiger partial charge is 0.467 e. The van der Waals surface area contributed by atoms with Crippen molar-refractivity contribution in [3.63, 3.8) is 0 Å². The third-order valence-electron chi connectivity index (χ3n) is 2.01. The number of carbonyl (C=O) groups excluding carboxylic acids is 1. The summed E-state index contributed by atoms with van der Waals surface area (Å²) in [7, 11) is 1.37. The van der Waals surface area contributed by atoms with Gasteiger partial charge in [-0.2, -0.15) is 0 Å². The molecule has 1 aromatic heterocycles. The molecule has 0 saturated heterocycles. The minimum Gasteiger partial charge on any atom is -0.467 e. The Morgan fingerprint density at radius 1 is 1.53 bits per heavy atom. The summed E-state index contributed by atoms with van der Waals surface area (Å²) >= 11 is 0. The lowest BCUT2D eigenvalue weighted by Crippen LogP contribution is -2.35. The summed E-state index contributed by atoms with van der Waals surface area (Å²) in [5.41, 5.74) is 0. The Morgan fingerprint density at radius 3 is 2.73 bits per heavy atom. The maximum Gasteiger partial charge on any atom is 0.328 e. The van der Waals surface area contributed by atoms with E-state index in [1.807, 2.05) is 13.8 Å². The molecule has 1 N–H and O–H groups in total. The zero-order chi connectivity index (χ0) is 11.3. The van der Waals surface area contributed by atoms with E-state index in [0.717, 1.165) is 0 Å². The highest BCUT2D eigenvalue weighted by atomic mass is 16.5. The third kappa shape index (κ3) is 3.19. The molecule has 1 atom stereocenters. The Kier molecular flexibility index (Phi) is 4.03. The molecule has 0 spiro atoms. The van der Waals surface area contributed by atoms with Crippen molar-refractivity contribution in [2.45, 2.75) is 19.9 Å². The molecule has 1 heterocycles. The Bertz CT molecular complexity index is 314. The highest BCUT2D eigenvalue weighted by Gasteiger charge is 2.22. The molecule has 5 nitrogen and oxygen atoms in total. The van der Waals surface area contributed by atoms with Crippen LogP contribution in [0.15, 0.2) is 18.6 Å². The van der Waals surface area contributed by atoms with Gasteiger partial charge in [0.2, 0.25) is 0 Å². The van der Waals surface area contributed by atoms with E-state index >= 15 is 0 Å². The maximum atomic E-state index is 11.4. The number of hydrogen-bond donors (Lipinski definition) is 1. The normalized spacial score (nSPS) is 12.3. The monoisotopic (exact) mass is 209 g/mol. The van der Waals surface area contributed by atoms with Crippen molar-refractivity contribution in [1.29, 1.82) is 0 Å². The lowest BCUT2D eigenvalue weighted by atomic mass is 10.1. The summed E-state index contributed by atoms with van der Waals surface area (Å²) in [6.07, 6.45) is 3.04. The lowest BCUT2D eigenvalue weighted by Gasteiger charge is -2.19. The minimum absolute atomic E-state index is 0.132. The highest BCUT2D eigenvalue weighted by molar-refractivity contribution is 5.79. The van der Waals surface area contributed by atoms with Gasteiger partial charge in [-0.1, -0.05) is 13.8 Å². The van der Waals surface area contributed by atoms with E-state index in [-0.39, 0.29) is 17.9 Å². The van der Waals surface area contributed by atoms with Gasteiger partial charge in [0, 0.05) is 6.20 Å². The van der Waals surface area contributed by atoms with Crippen molar-refractivity contribution in [3.8, 4) is 0 Å². The molecule has 0 fully saturated rings. The van der Waals surface area contributed by atoms with Crippen LogP contribution in [-0.2, 0) is 9.53 Å². The number of methoxy groups -OCH3 is 1. The standard InChI is InChI=1S/C10H15N3O2/c1-7(2)9(10(14)15-3)13-8-4-5-11-6-12-8/h4-7,9H,1-3H3,(H,11,12,13). The van der Waals surface area contributed by atoms with Gasteiger partial charge in [-0.25, -0.2) is 14.8 Å². The predicted octanol–water partition coefficient (Wildman–Crippen LogP) is 1.09. The van der Waals surface area contributed by atoms with Crippen molar-refractivity contribution in [1.82, 2.24) is 9.97 Å². The molecule has 15 heavy (non-hydrogen) atoms. The molecule has 82 valence electrons. The first kappa shape index (κ1) is 11.4. The van der Waals surface area contributed by atoms with Crippen molar-refractivity contribution < 1.29 is 9.53 Å². The first-order valence-corrected chi connectivity index (χ1v) is 4.75. The summed E-state index contributed by atoms with van der Waals surface area (Å²) in [5.74, 6) is 0.463. The van der Waals surface area contributed by atoms with Crippen LogP contribution in [0.4, 0.5) is 5.82 Å². The van der Waals surface area contributed by atoms with Crippen LogP contribution in [0.1, 0.15) is 13.8 Å².